The van der Waals surface area contributed by atoms with Crippen LogP contribution >= 0.6 is 11.6 Å². The minimum absolute atomic E-state index is 0.105. The molecule has 0 fully saturated rings. The summed E-state index contributed by atoms with van der Waals surface area (Å²) < 4.78 is 4.83. The zero-order valence-corrected chi connectivity index (χ0v) is 14.1. The summed E-state index contributed by atoms with van der Waals surface area (Å²) in [6.07, 6.45) is 1.23. The molecule has 0 unspecified atom stereocenters. The summed E-state index contributed by atoms with van der Waals surface area (Å²) in [6, 6.07) is 7.11. The summed E-state index contributed by atoms with van der Waals surface area (Å²) in [5, 5.41) is 14.9. The van der Waals surface area contributed by atoms with Crippen molar-refractivity contribution in [1.82, 2.24) is 10.3 Å². The number of carbonyl (C=O) groups is 1. The van der Waals surface area contributed by atoms with Gasteiger partial charge in [0.2, 0.25) is 11.6 Å². The van der Waals surface area contributed by atoms with Crippen molar-refractivity contribution in [3.05, 3.63) is 46.1 Å². The Hall–Kier alpha value is -2.34. The van der Waals surface area contributed by atoms with E-state index >= 15 is 0 Å². The van der Waals surface area contributed by atoms with Crippen LogP contribution in [0.3, 0.4) is 0 Å². The lowest BCUT2D eigenvalue weighted by atomic mass is 9.73. The molecule has 2 heterocycles. The first-order valence-electron chi connectivity index (χ1n) is 7.81. The summed E-state index contributed by atoms with van der Waals surface area (Å²) >= 11 is 6.39. The second-order valence-electron chi connectivity index (χ2n) is 7.02. The molecule has 0 saturated heterocycles. The van der Waals surface area contributed by atoms with Crippen molar-refractivity contribution in [2.45, 2.75) is 32.7 Å². The van der Waals surface area contributed by atoms with E-state index in [0.717, 1.165) is 17.7 Å². The maximum atomic E-state index is 12.9. The van der Waals surface area contributed by atoms with E-state index in [1.165, 1.54) is 0 Å². The SMILES string of the molecule is CC1(C)CC(=O)C2=C(C1)Nc1nonc1N[C@H]2c1ccccc1Cl. The van der Waals surface area contributed by atoms with Gasteiger partial charge in [-0.2, -0.15) is 0 Å². The van der Waals surface area contributed by atoms with Crippen molar-refractivity contribution in [2.75, 3.05) is 10.6 Å². The predicted octanol–water partition coefficient (Wildman–Crippen LogP) is 3.94. The van der Waals surface area contributed by atoms with Crippen molar-refractivity contribution < 1.29 is 9.42 Å². The third-order valence-corrected chi connectivity index (χ3v) is 4.81. The molecule has 1 aromatic carbocycles. The molecule has 2 aromatic rings. The van der Waals surface area contributed by atoms with Gasteiger partial charge in [0.1, 0.15) is 0 Å². The van der Waals surface area contributed by atoms with E-state index in [2.05, 4.69) is 34.8 Å². The summed E-state index contributed by atoms with van der Waals surface area (Å²) in [6.45, 7) is 4.17. The molecule has 4 rings (SSSR count). The van der Waals surface area contributed by atoms with Gasteiger partial charge in [0.05, 0.1) is 6.04 Å². The van der Waals surface area contributed by atoms with Crippen molar-refractivity contribution in [2.24, 2.45) is 5.41 Å². The highest BCUT2D eigenvalue weighted by Crippen LogP contribution is 2.45. The third kappa shape index (κ3) is 2.47. The van der Waals surface area contributed by atoms with Gasteiger partial charge in [-0.3, -0.25) is 4.79 Å². The molecule has 2 N–H and O–H groups in total. The van der Waals surface area contributed by atoms with Gasteiger partial charge in [-0.25, -0.2) is 4.63 Å². The number of ketones is 1. The highest BCUT2D eigenvalue weighted by Gasteiger charge is 2.40. The van der Waals surface area contributed by atoms with E-state index < -0.39 is 6.04 Å². The quantitative estimate of drug-likeness (QED) is 0.815. The van der Waals surface area contributed by atoms with Gasteiger partial charge in [-0.1, -0.05) is 43.6 Å². The van der Waals surface area contributed by atoms with Gasteiger partial charge in [-0.05, 0) is 33.8 Å². The fraction of sp³-hybridized carbons (Fsp3) is 0.353. The van der Waals surface area contributed by atoms with Crippen LogP contribution in [0.1, 0.15) is 38.3 Å². The number of hydrogen-bond donors (Lipinski definition) is 2. The van der Waals surface area contributed by atoms with Gasteiger partial charge in [0.25, 0.3) is 0 Å². The molecule has 0 radical (unpaired) electrons. The monoisotopic (exact) mass is 344 g/mol. The van der Waals surface area contributed by atoms with Crippen LogP contribution < -0.4 is 10.6 Å². The zero-order valence-electron chi connectivity index (χ0n) is 13.4. The fourth-order valence-corrected chi connectivity index (χ4v) is 3.69. The first-order chi connectivity index (χ1) is 11.4. The second-order valence-corrected chi connectivity index (χ2v) is 7.43. The highest BCUT2D eigenvalue weighted by molar-refractivity contribution is 6.31. The highest BCUT2D eigenvalue weighted by atomic mass is 35.5. The van der Waals surface area contributed by atoms with E-state index in [1.807, 2.05) is 24.3 Å². The summed E-state index contributed by atoms with van der Waals surface area (Å²) in [5.41, 5.74) is 2.26. The van der Waals surface area contributed by atoms with Crippen LogP contribution in [0.25, 0.3) is 0 Å². The Balaban J connectivity index is 1.90. The molecule has 7 heteroatoms. The number of Topliss-reactive ketones (excluding diaryl/α,β-unsaturated/α-hetero) is 1. The molecule has 0 bridgehead atoms. The number of halogens is 1. The number of fused-ring (bicyclic) bond motifs is 1. The minimum Gasteiger partial charge on any atom is -0.353 e. The molecule has 0 saturated carbocycles. The van der Waals surface area contributed by atoms with Crippen LogP contribution in [-0.4, -0.2) is 16.1 Å². The Bertz CT molecular complexity index is 856. The standard InChI is InChI=1S/C17H17ClN4O2/c1-17(2)7-11-13(12(23)8-17)14(9-5-3-4-6-10(9)18)20-16-15(19-11)21-24-22-16/h3-6,14H,7-8H2,1-2H3,(H,19,21)(H,20,22)/t14-/m0/s1. The van der Waals surface area contributed by atoms with E-state index in [0.29, 0.717) is 28.7 Å². The maximum Gasteiger partial charge on any atom is 0.219 e. The van der Waals surface area contributed by atoms with Crippen LogP contribution in [0.2, 0.25) is 5.02 Å². The molecule has 2 aliphatic rings. The lowest BCUT2D eigenvalue weighted by molar-refractivity contribution is -0.118. The number of nitrogens with one attached hydrogen (secondary N) is 2. The summed E-state index contributed by atoms with van der Waals surface area (Å²) in [4.78, 5) is 12.9. The maximum absolute atomic E-state index is 12.9. The van der Waals surface area contributed by atoms with E-state index in [4.69, 9.17) is 16.2 Å². The van der Waals surface area contributed by atoms with Crippen LogP contribution in [0.4, 0.5) is 11.6 Å². The lowest BCUT2D eigenvalue weighted by Gasteiger charge is -2.34. The Kier molecular flexibility index (Phi) is 3.38. The van der Waals surface area contributed by atoms with Crippen LogP contribution in [-0.2, 0) is 4.79 Å². The van der Waals surface area contributed by atoms with Crippen LogP contribution in [0.5, 0.6) is 0 Å². The van der Waals surface area contributed by atoms with Crippen LogP contribution in [0, 0.1) is 5.41 Å². The lowest BCUT2D eigenvalue weighted by Crippen LogP contribution is -2.31. The molecule has 1 aliphatic heterocycles. The summed E-state index contributed by atoms with van der Waals surface area (Å²) in [5.74, 6) is 1.07. The van der Waals surface area contributed by atoms with Crippen molar-refractivity contribution in [3.63, 3.8) is 0 Å². The molecule has 0 amide bonds. The van der Waals surface area contributed by atoms with Gasteiger partial charge in [0.15, 0.2) is 5.78 Å². The van der Waals surface area contributed by atoms with Crippen molar-refractivity contribution in [3.8, 4) is 0 Å². The van der Waals surface area contributed by atoms with Gasteiger partial charge in [-0.15, -0.1) is 0 Å². The topological polar surface area (TPSA) is 80.1 Å². The fourth-order valence-electron chi connectivity index (χ4n) is 3.44. The molecular formula is C17H17ClN4O2. The number of anilines is 2. The van der Waals surface area contributed by atoms with E-state index in [9.17, 15) is 4.79 Å². The minimum atomic E-state index is -0.391. The largest absolute Gasteiger partial charge is 0.353 e. The number of hydrogen-bond acceptors (Lipinski definition) is 6. The average Bonchev–Trinajstić information content (AvgIpc) is 2.86. The number of rotatable bonds is 1. The number of aromatic nitrogens is 2. The molecule has 1 aliphatic carbocycles. The van der Waals surface area contributed by atoms with Gasteiger partial charge >= 0.3 is 0 Å². The third-order valence-electron chi connectivity index (χ3n) is 4.46. The number of nitrogens with zero attached hydrogens (tertiary/aromatic N) is 2. The Morgan fingerprint density at radius 1 is 1.21 bits per heavy atom. The first-order valence-corrected chi connectivity index (χ1v) is 8.19. The van der Waals surface area contributed by atoms with Crippen molar-refractivity contribution in [1.29, 1.82) is 0 Å². The number of benzene rings is 1. The average molecular weight is 345 g/mol. The van der Waals surface area contributed by atoms with Gasteiger partial charge < -0.3 is 10.6 Å². The molecule has 124 valence electrons. The molecule has 6 nitrogen and oxygen atoms in total. The number of allylic oxidation sites excluding steroid dienone is 1. The van der Waals surface area contributed by atoms with Crippen molar-refractivity contribution >= 4 is 29.0 Å². The Morgan fingerprint density at radius 2 is 1.96 bits per heavy atom. The Morgan fingerprint density at radius 3 is 2.75 bits per heavy atom. The van der Waals surface area contributed by atoms with Crippen LogP contribution in [0.15, 0.2) is 40.2 Å². The molecule has 24 heavy (non-hydrogen) atoms. The molecule has 1 aromatic heterocycles. The van der Waals surface area contributed by atoms with E-state index in [1.54, 1.807) is 0 Å². The van der Waals surface area contributed by atoms with Gasteiger partial charge in [0, 0.05) is 22.7 Å². The number of carbonyl (C=O) groups excluding carboxylic acids is 1. The second kappa shape index (κ2) is 5.34. The summed E-state index contributed by atoms with van der Waals surface area (Å²) in [7, 11) is 0. The molecular weight excluding hydrogens is 328 g/mol. The smallest absolute Gasteiger partial charge is 0.219 e. The normalized spacial score (nSPS) is 22.1. The predicted molar refractivity (Wildman–Crippen MR) is 90.8 cm³/mol. The Labute approximate surface area is 144 Å². The first kappa shape index (κ1) is 15.2. The molecule has 1 atom stereocenters. The zero-order chi connectivity index (χ0) is 16.9. The molecule has 0 spiro atoms. The van der Waals surface area contributed by atoms with E-state index in [-0.39, 0.29) is 11.2 Å².